The van der Waals surface area contributed by atoms with E-state index in [1.54, 1.807) is 12.1 Å². The van der Waals surface area contributed by atoms with Crippen molar-refractivity contribution in [2.45, 2.75) is 32.4 Å². The van der Waals surface area contributed by atoms with Crippen molar-refractivity contribution in [1.82, 2.24) is 19.6 Å². The predicted octanol–water partition coefficient (Wildman–Crippen LogP) is 5.65. The topological polar surface area (TPSA) is 64.7 Å². The molecule has 13 heteroatoms. The van der Waals surface area contributed by atoms with Crippen molar-refractivity contribution in [2.75, 3.05) is 5.32 Å². The number of nitrogens with zero attached hydrogens (tertiary/aromatic N) is 4. The van der Waals surface area contributed by atoms with E-state index in [-0.39, 0.29) is 17.4 Å². The molecule has 0 fully saturated rings. The molecule has 1 atom stereocenters. The van der Waals surface area contributed by atoms with Crippen LogP contribution >= 0.6 is 23.2 Å². The molecule has 3 rings (SSSR count). The fraction of sp³-hybridized carbons (Fsp3) is 0.278. The molecule has 1 aromatic carbocycles. The Morgan fingerprint density at radius 1 is 1.10 bits per heavy atom. The first-order valence-corrected chi connectivity index (χ1v) is 9.46. The molecule has 1 N–H and O–H groups in total. The van der Waals surface area contributed by atoms with Crippen molar-refractivity contribution < 1.29 is 26.7 Å². The number of nitrogens with one attached hydrogen (secondary N) is 1. The Morgan fingerprint density at radius 3 is 2.32 bits per heavy atom. The number of amides is 1. The molecule has 6 nitrogen and oxygen atoms in total. The number of rotatable bonds is 7. The van der Waals surface area contributed by atoms with Crippen LogP contribution in [0.4, 0.5) is 27.8 Å². The van der Waals surface area contributed by atoms with Crippen molar-refractivity contribution >= 4 is 34.9 Å². The number of hydrogen-bond donors (Lipinski definition) is 1. The van der Waals surface area contributed by atoms with E-state index in [0.717, 1.165) is 0 Å². The molecule has 0 aliphatic heterocycles. The normalized spacial score (nSPS) is 12.6. The van der Waals surface area contributed by atoms with Gasteiger partial charge in [0.25, 0.3) is 12.9 Å². The summed E-state index contributed by atoms with van der Waals surface area (Å²) < 4.78 is 67.5. The summed E-state index contributed by atoms with van der Waals surface area (Å²) in [5, 5.41) is 8.97. The lowest BCUT2D eigenvalue weighted by Crippen LogP contribution is -2.26. The Morgan fingerprint density at radius 2 is 1.74 bits per heavy atom. The monoisotopic (exact) mass is 481 g/mol. The van der Waals surface area contributed by atoms with Gasteiger partial charge in [-0.2, -0.15) is 10.2 Å². The third kappa shape index (κ3) is 4.99. The first-order chi connectivity index (χ1) is 14.6. The summed E-state index contributed by atoms with van der Waals surface area (Å²) in [6, 6.07) is 4.20. The summed E-state index contributed by atoms with van der Waals surface area (Å²) in [5.41, 5.74) is -1.33. The molecule has 0 aliphatic carbocycles. The van der Waals surface area contributed by atoms with E-state index >= 15 is 0 Å². The maximum Gasteiger partial charge on any atom is 0.283 e. The van der Waals surface area contributed by atoms with Crippen LogP contribution in [0.1, 0.15) is 42.8 Å². The maximum atomic E-state index is 13.3. The van der Waals surface area contributed by atoms with Crippen LogP contribution in [0.15, 0.2) is 30.5 Å². The van der Waals surface area contributed by atoms with Crippen LogP contribution in [0.2, 0.25) is 10.0 Å². The van der Waals surface area contributed by atoms with Crippen molar-refractivity contribution in [3.05, 3.63) is 63.3 Å². The number of benzene rings is 1. The summed E-state index contributed by atoms with van der Waals surface area (Å²) in [6.07, 6.45) is -5.03. The zero-order valence-electron chi connectivity index (χ0n) is 15.7. The van der Waals surface area contributed by atoms with Gasteiger partial charge in [-0.3, -0.25) is 9.48 Å². The van der Waals surface area contributed by atoms with Gasteiger partial charge in [0, 0.05) is 6.20 Å². The number of alkyl halides is 4. The van der Waals surface area contributed by atoms with E-state index < -0.39 is 47.0 Å². The molecule has 2 heterocycles. The fourth-order valence-electron chi connectivity index (χ4n) is 2.75. The molecule has 1 unspecified atom stereocenters. The van der Waals surface area contributed by atoms with Gasteiger partial charge in [-0.25, -0.2) is 26.6 Å². The molecule has 0 radical (unpaired) electrons. The molecule has 2 aromatic heterocycles. The van der Waals surface area contributed by atoms with Crippen LogP contribution in [0.25, 0.3) is 0 Å². The average molecular weight is 482 g/mol. The molecule has 3 aromatic rings. The number of halogens is 7. The van der Waals surface area contributed by atoms with Gasteiger partial charge in [-0.05, 0) is 24.6 Å². The number of aromatic nitrogens is 4. The molecular formula is C18H14Cl2F5N5O. The Bertz CT molecular complexity index is 1080. The lowest BCUT2D eigenvalue weighted by atomic mass is 10.2. The minimum Gasteiger partial charge on any atom is -0.306 e. The van der Waals surface area contributed by atoms with Gasteiger partial charge < -0.3 is 5.32 Å². The van der Waals surface area contributed by atoms with Crippen molar-refractivity contribution in [1.29, 1.82) is 0 Å². The van der Waals surface area contributed by atoms with E-state index in [1.807, 2.05) is 0 Å². The molecule has 0 bridgehead atoms. The standard InChI is InChI=1S/C18H14Cl2F5N5O/c1-8(30-14(16(24)25)12(20)13(27-30)15(22)23)18(31)26-17-11(19)7-29(28-17)6-9-2-4-10(21)5-3-9/h2-5,7-8,15-16H,6H2,1H3,(H,26,28,31). The number of carbonyl (C=O) groups is 1. The van der Waals surface area contributed by atoms with E-state index in [0.29, 0.717) is 10.2 Å². The lowest BCUT2D eigenvalue weighted by molar-refractivity contribution is -0.119. The summed E-state index contributed by atoms with van der Waals surface area (Å²) in [6.45, 7) is 1.40. The fourth-order valence-corrected chi connectivity index (χ4v) is 3.23. The zero-order chi connectivity index (χ0) is 22.9. The summed E-state index contributed by atoms with van der Waals surface area (Å²) in [5.74, 6) is -1.36. The van der Waals surface area contributed by atoms with Gasteiger partial charge in [-0.1, -0.05) is 35.3 Å². The van der Waals surface area contributed by atoms with E-state index in [9.17, 15) is 26.7 Å². The first-order valence-electron chi connectivity index (χ1n) is 8.70. The largest absolute Gasteiger partial charge is 0.306 e. The molecule has 0 saturated heterocycles. The molecule has 0 spiro atoms. The Balaban J connectivity index is 1.79. The van der Waals surface area contributed by atoms with Crippen molar-refractivity contribution in [3.8, 4) is 0 Å². The van der Waals surface area contributed by atoms with Crippen LogP contribution in [-0.4, -0.2) is 25.5 Å². The van der Waals surface area contributed by atoms with Crippen LogP contribution in [-0.2, 0) is 11.3 Å². The number of carbonyl (C=O) groups excluding carboxylic acids is 1. The van der Waals surface area contributed by atoms with Crippen LogP contribution in [0.5, 0.6) is 0 Å². The Kier molecular flexibility index (Phi) is 6.85. The quantitative estimate of drug-likeness (QED) is 0.443. The summed E-state index contributed by atoms with van der Waals surface area (Å²) >= 11 is 11.7. The zero-order valence-corrected chi connectivity index (χ0v) is 17.2. The van der Waals surface area contributed by atoms with Crippen LogP contribution in [0.3, 0.4) is 0 Å². The molecule has 0 saturated carbocycles. The number of hydrogen-bond acceptors (Lipinski definition) is 3. The van der Waals surface area contributed by atoms with Crippen molar-refractivity contribution in [3.63, 3.8) is 0 Å². The second kappa shape index (κ2) is 9.23. The lowest BCUT2D eigenvalue weighted by Gasteiger charge is -2.15. The highest BCUT2D eigenvalue weighted by Crippen LogP contribution is 2.36. The maximum absolute atomic E-state index is 13.3. The minimum atomic E-state index is -3.23. The highest BCUT2D eigenvalue weighted by atomic mass is 35.5. The molecule has 31 heavy (non-hydrogen) atoms. The van der Waals surface area contributed by atoms with Gasteiger partial charge in [0.15, 0.2) is 5.82 Å². The number of anilines is 1. The second-order valence-electron chi connectivity index (χ2n) is 6.45. The SMILES string of the molecule is CC(C(=O)Nc1nn(Cc2ccc(F)cc2)cc1Cl)n1nc(C(F)F)c(Cl)c1C(F)F. The molecule has 1 amide bonds. The van der Waals surface area contributed by atoms with Crippen molar-refractivity contribution in [2.24, 2.45) is 0 Å². The Hall–Kier alpha value is -2.66. The molecule has 166 valence electrons. The van der Waals surface area contributed by atoms with E-state index in [1.165, 1.54) is 29.9 Å². The van der Waals surface area contributed by atoms with Crippen LogP contribution < -0.4 is 5.32 Å². The van der Waals surface area contributed by atoms with Gasteiger partial charge in [0.1, 0.15) is 28.3 Å². The second-order valence-corrected chi connectivity index (χ2v) is 7.23. The Labute approximate surface area is 182 Å². The summed E-state index contributed by atoms with van der Waals surface area (Å²) in [4.78, 5) is 12.5. The van der Waals surface area contributed by atoms with Crippen LogP contribution in [0, 0.1) is 5.82 Å². The van der Waals surface area contributed by atoms with E-state index in [2.05, 4.69) is 15.5 Å². The molecular weight excluding hydrogens is 468 g/mol. The van der Waals surface area contributed by atoms with E-state index in [4.69, 9.17) is 23.2 Å². The highest BCUT2D eigenvalue weighted by Gasteiger charge is 2.32. The average Bonchev–Trinajstić information content (AvgIpc) is 3.22. The third-order valence-corrected chi connectivity index (χ3v) is 4.95. The van der Waals surface area contributed by atoms with Gasteiger partial charge >= 0.3 is 0 Å². The smallest absolute Gasteiger partial charge is 0.283 e. The van der Waals surface area contributed by atoms with Gasteiger partial charge in [-0.15, -0.1) is 0 Å². The third-order valence-electron chi connectivity index (χ3n) is 4.29. The first kappa shape index (κ1) is 23.0. The molecule has 0 aliphatic rings. The highest BCUT2D eigenvalue weighted by molar-refractivity contribution is 6.33. The predicted molar refractivity (Wildman–Crippen MR) is 103 cm³/mol. The van der Waals surface area contributed by atoms with Gasteiger partial charge in [0.05, 0.1) is 11.6 Å². The summed E-state index contributed by atoms with van der Waals surface area (Å²) in [7, 11) is 0. The minimum absolute atomic E-state index is 0.0449. The van der Waals surface area contributed by atoms with Gasteiger partial charge in [0.2, 0.25) is 5.91 Å².